The average Bonchev–Trinajstić information content (AvgIpc) is 3.66. The molecule has 2 aliphatic heterocycles. The van der Waals surface area contributed by atoms with Gasteiger partial charge in [0.15, 0.2) is 5.65 Å². The van der Waals surface area contributed by atoms with Crippen molar-refractivity contribution in [2.45, 2.75) is 62.4 Å². The zero-order valence-electron chi connectivity index (χ0n) is 21.8. The molecule has 1 unspecified atom stereocenters. The van der Waals surface area contributed by atoms with Crippen LogP contribution in [-0.4, -0.2) is 60.9 Å². The van der Waals surface area contributed by atoms with Crippen LogP contribution in [0.4, 0.5) is 10.6 Å². The van der Waals surface area contributed by atoms with Crippen molar-refractivity contribution in [3.05, 3.63) is 66.1 Å². The summed E-state index contributed by atoms with van der Waals surface area (Å²) in [5.74, 6) is 1.36. The summed E-state index contributed by atoms with van der Waals surface area (Å²) in [5, 5.41) is 16.6. The van der Waals surface area contributed by atoms with Crippen LogP contribution in [0.15, 0.2) is 54.9 Å². The van der Waals surface area contributed by atoms with Crippen LogP contribution in [-0.2, 0) is 0 Å². The largest absolute Gasteiger partial charge is 0.395 e. The minimum absolute atomic E-state index is 0.0519. The number of hydrogen-bond donors (Lipinski definition) is 3. The molecule has 5 heterocycles. The van der Waals surface area contributed by atoms with Gasteiger partial charge in [0.1, 0.15) is 5.82 Å². The van der Waals surface area contributed by atoms with Crippen molar-refractivity contribution in [2.24, 2.45) is 0 Å². The first kappa shape index (κ1) is 24.1. The Bertz CT molecular complexity index is 1500. The van der Waals surface area contributed by atoms with Gasteiger partial charge >= 0.3 is 6.03 Å². The molecule has 7 rings (SSSR count). The molecule has 200 valence electrons. The van der Waals surface area contributed by atoms with E-state index in [1.54, 1.807) is 4.52 Å². The lowest BCUT2D eigenvalue weighted by molar-refractivity contribution is 0.135. The van der Waals surface area contributed by atoms with E-state index in [2.05, 4.69) is 28.6 Å². The summed E-state index contributed by atoms with van der Waals surface area (Å²) in [6, 6.07) is 14.5. The Balaban J connectivity index is 1.24. The SMILES string of the molecule is Nc1c(C2CC2)c([C@H]2CC3CC[C@@H](C2)N3C(=O)NCCO)nc2c(-c3ccc(-c4ccccc4)nc3)cnn12. The van der Waals surface area contributed by atoms with Crippen molar-refractivity contribution in [1.82, 2.24) is 29.8 Å². The number of amides is 2. The maximum absolute atomic E-state index is 12.8. The first-order chi connectivity index (χ1) is 19.1. The Kier molecular flexibility index (Phi) is 5.96. The fraction of sp³-hybridized carbons (Fsp3) is 0.400. The fourth-order valence-electron chi connectivity index (χ4n) is 6.67. The summed E-state index contributed by atoms with van der Waals surface area (Å²) in [4.78, 5) is 24.8. The zero-order valence-corrected chi connectivity index (χ0v) is 21.8. The highest BCUT2D eigenvalue weighted by Crippen LogP contribution is 2.50. The summed E-state index contributed by atoms with van der Waals surface area (Å²) in [6.07, 6.45) is 9.73. The second-order valence-corrected chi connectivity index (χ2v) is 11.1. The van der Waals surface area contributed by atoms with E-state index in [0.717, 1.165) is 77.8 Å². The van der Waals surface area contributed by atoms with Gasteiger partial charge in [0.05, 0.1) is 24.2 Å². The third kappa shape index (κ3) is 4.21. The molecule has 3 aliphatic rings. The molecular weight excluding hydrogens is 490 g/mol. The number of aromatic nitrogens is 4. The van der Waals surface area contributed by atoms with E-state index in [-0.39, 0.29) is 37.2 Å². The fourth-order valence-corrected chi connectivity index (χ4v) is 6.67. The molecule has 1 aromatic carbocycles. The lowest BCUT2D eigenvalue weighted by atomic mass is 9.85. The Labute approximate surface area is 227 Å². The van der Waals surface area contributed by atoms with Gasteiger partial charge in [-0.3, -0.25) is 4.98 Å². The Hall–Kier alpha value is -3.98. The number of fused-ring (bicyclic) bond motifs is 3. The normalized spacial score (nSPS) is 22.4. The minimum atomic E-state index is -0.0649. The number of hydrogen-bond acceptors (Lipinski definition) is 6. The van der Waals surface area contributed by atoms with Crippen molar-refractivity contribution < 1.29 is 9.90 Å². The van der Waals surface area contributed by atoms with Crippen molar-refractivity contribution in [3.8, 4) is 22.4 Å². The number of piperidine rings is 1. The topological polar surface area (TPSA) is 122 Å². The molecule has 2 saturated heterocycles. The number of rotatable bonds is 6. The second kappa shape index (κ2) is 9.64. The van der Waals surface area contributed by atoms with Gasteiger partial charge in [0.25, 0.3) is 0 Å². The number of pyridine rings is 1. The van der Waals surface area contributed by atoms with E-state index >= 15 is 0 Å². The first-order valence-electron chi connectivity index (χ1n) is 14.0. The van der Waals surface area contributed by atoms with E-state index in [1.807, 2.05) is 41.6 Å². The highest BCUT2D eigenvalue weighted by molar-refractivity contribution is 5.79. The first-order valence-corrected chi connectivity index (χ1v) is 14.0. The summed E-state index contributed by atoms with van der Waals surface area (Å²) >= 11 is 0. The lowest BCUT2D eigenvalue weighted by Gasteiger charge is -2.39. The standard InChI is InChI=1S/C30H33N7O2/c31-28-26(19-6-7-19)27(21-14-22-9-10-23(15-21)36(22)30(39)32-12-13-38)35-29-24(17-34-37(28)29)20-8-11-25(33-16-20)18-4-2-1-3-5-18/h1-5,8,11,16-17,19,21-23,38H,6-7,9-10,12-15,31H2,(H,32,39)/t21-,22+,23?/m1/s1. The van der Waals surface area contributed by atoms with Crippen LogP contribution in [0.5, 0.6) is 0 Å². The van der Waals surface area contributed by atoms with Crippen LogP contribution in [0.1, 0.15) is 61.6 Å². The van der Waals surface area contributed by atoms with E-state index in [0.29, 0.717) is 11.7 Å². The number of aliphatic hydroxyl groups is 1. The lowest BCUT2D eigenvalue weighted by Crippen LogP contribution is -2.51. The van der Waals surface area contributed by atoms with Crippen molar-refractivity contribution in [2.75, 3.05) is 18.9 Å². The van der Waals surface area contributed by atoms with Gasteiger partial charge in [0, 0.05) is 53.0 Å². The molecule has 2 amide bonds. The minimum Gasteiger partial charge on any atom is -0.395 e. The van der Waals surface area contributed by atoms with Gasteiger partial charge in [-0.2, -0.15) is 9.61 Å². The van der Waals surface area contributed by atoms with Crippen molar-refractivity contribution in [3.63, 3.8) is 0 Å². The van der Waals surface area contributed by atoms with Gasteiger partial charge in [0.2, 0.25) is 0 Å². The molecule has 1 aliphatic carbocycles. The van der Waals surface area contributed by atoms with E-state index in [1.165, 1.54) is 0 Å². The highest BCUT2D eigenvalue weighted by atomic mass is 16.3. The average molecular weight is 524 g/mol. The van der Waals surface area contributed by atoms with Gasteiger partial charge in [-0.05, 0) is 50.5 Å². The molecule has 9 nitrogen and oxygen atoms in total. The van der Waals surface area contributed by atoms with Gasteiger partial charge in [-0.25, -0.2) is 9.78 Å². The summed E-state index contributed by atoms with van der Waals surface area (Å²) in [6.45, 7) is 0.230. The quantitative estimate of drug-likeness (QED) is 0.346. The van der Waals surface area contributed by atoms with Crippen LogP contribution in [0, 0.1) is 0 Å². The Morgan fingerprint density at radius 3 is 2.41 bits per heavy atom. The predicted molar refractivity (Wildman–Crippen MR) is 149 cm³/mol. The number of nitrogens with two attached hydrogens (primary N) is 1. The molecule has 0 spiro atoms. The Morgan fingerprint density at radius 2 is 1.74 bits per heavy atom. The van der Waals surface area contributed by atoms with Gasteiger partial charge in [-0.1, -0.05) is 36.4 Å². The van der Waals surface area contributed by atoms with Gasteiger partial charge < -0.3 is 21.1 Å². The third-order valence-corrected chi connectivity index (χ3v) is 8.62. The third-order valence-electron chi connectivity index (χ3n) is 8.62. The number of aliphatic hydroxyl groups excluding tert-OH is 1. The number of nitrogens with zero attached hydrogens (tertiary/aromatic N) is 5. The van der Waals surface area contributed by atoms with Crippen LogP contribution in [0.3, 0.4) is 0 Å². The number of benzene rings is 1. The molecule has 9 heteroatoms. The molecule has 3 aromatic heterocycles. The molecular formula is C30H33N7O2. The Morgan fingerprint density at radius 1 is 0.974 bits per heavy atom. The van der Waals surface area contributed by atoms with Crippen LogP contribution in [0.2, 0.25) is 0 Å². The number of nitrogens with one attached hydrogen (secondary N) is 1. The molecule has 3 atom stereocenters. The molecule has 0 radical (unpaired) electrons. The molecule has 3 fully saturated rings. The monoisotopic (exact) mass is 523 g/mol. The number of carbonyl (C=O) groups excluding carboxylic acids is 1. The van der Waals surface area contributed by atoms with E-state index < -0.39 is 0 Å². The zero-order chi connectivity index (χ0) is 26.5. The van der Waals surface area contributed by atoms with Crippen molar-refractivity contribution >= 4 is 17.5 Å². The summed E-state index contributed by atoms with van der Waals surface area (Å²) < 4.78 is 1.80. The molecule has 4 N–H and O–H groups in total. The van der Waals surface area contributed by atoms with E-state index in [4.69, 9.17) is 20.8 Å². The number of carbonyl (C=O) groups is 1. The van der Waals surface area contributed by atoms with Gasteiger partial charge in [-0.15, -0.1) is 0 Å². The predicted octanol–water partition coefficient (Wildman–Crippen LogP) is 4.33. The number of urea groups is 1. The molecule has 39 heavy (non-hydrogen) atoms. The number of anilines is 1. The van der Waals surface area contributed by atoms with Crippen molar-refractivity contribution in [1.29, 1.82) is 0 Å². The maximum atomic E-state index is 12.8. The molecule has 1 saturated carbocycles. The molecule has 4 aromatic rings. The molecule has 2 bridgehead atoms. The smallest absolute Gasteiger partial charge is 0.317 e. The maximum Gasteiger partial charge on any atom is 0.317 e. The van der Waals surface area contributed by atoms with E-state index in [9.17, 15) is 4.79 Å². The van der Waals surface area contributed by atoms with Crippen LogP contribution in [0.25, 0.3) is 28.0 Å². The summed E-state index contributed by atoms with van der Waals surface area (Å²) in [5.41, 5.74) is 13.7. The highest BCUT2D eigenvalue weighted by Gasteiger charge is 2.45. The second-order valence-electron chi connectivity index (χ2n) is 11.1. The summed E-state index contributed by atoms with van der Waals surface area (Å²) in [7, 11) is 0. The van der Waals surface area contributed by atoms with Crippen LogP contribution >= 0.6 is 0 Å². The van der Waals surface area contributed by atoms with Crippen LogP contribution < -0.4 is 11.1 Å². The number of nitrogen functional groups attached to an aromatic ring is 1.